The Morgan fingerprint density at radius 1 is 1.07 bits per heavy atom. The molecular formula is C30H37F3N4O3. The summed E-state index contributed by atoms with van der Waals surface area (Å²) in [5.41, 5.74) is 2.27. The van der Waals surface area contributed by atoms with E-state index in [1.165, 1.54) is 18.2 Å². The number of fused-ring (bicyclic) bond motifs is 1. The van der Waals surface area contributed by atoms with Gasteiger partial charge in [0.2, 0.25) is 17.4 Å². The van der Waals surface area contributed by atoms with E-state index < -0.39 is 17.9 Å². The fourth-order valence-electron chi connectivity index (χ4n) is 6.72. The van der Waals surface area contributed by atoms with Crippen LogP contribution in [0.15, 0.2) is 35.1 Å². The number of amides is 2. The number of halogens is 3. The van der Waals surface area contributed by atoms with Crippen molar-refractivity contribution in [2.24, 2.45) is 17.8 Å². The average Bonchev–Trinajstić information content (AvgIpc) is 3.45. The zero-order valence-corrected chi connectivity index (χ0v) is 23.0. The van der Waals surface area contributed by atoms with Crippen LogP contribution in [0.1, 0.15) is 65.3 Å². The van der Waals surface area contributed by atoms with Crippen molar-refractivity contribution in [3.05, 3.63) is 68.9 Å². The number of nitrogens with one attached hydrogen (secondary N) is 2. The van der Waals surface area contributed by atoms with E-state index >= 15 is 0 Å². The quantitative estimate of drug-likeness (QED) is 0.533. The molecule has 3 heterocycles. The van der Waals surface area contributed by atoms with Gasteiger partial charge in [0.05, 0.1) is 11.6 Å². The Morgan fingerprint density at radius 3 is 2.38 bits per heavy atom. The molecule has 2 aliphatic heterocycles. The number of aryl methyl sites for hydroxylation is 2. The molecule has 5 rings (SSSR count). The van der Waals surface area contributed by atoms with Crippen LogP contribution in [-0.4, -0.2) is 65.2 Å². The maximum absolute atomic E-state index is 14.0. The number of pyridine rings is 1. The standard InChI is InChI=1S/C30H37F3N4O3/c1-18-12-26(38)34-19(2)27(18)29(40)37-16-22-14-36(15-23(22)17-37)11-8-25(21-4-3-5-24(31)13-21)35-28(39)20-6-9-30(32,33)10-7-20/h3-5,12-13,20,22-23,25H,6-11,14-17H2,1-2H3,(H,34,38)(H,35,39)/t22-,23?,25?/m0/s1. The van der Waals surface area contributed by atoms with Gasteiger partial charge in [-0.15, -0.1) is 0 Å². The van der Waals surface area contributed by atoms with Crippen molar-refractivity contribution in [3.63, 3.8) is 0 Å². The van der Waals surface area contributed by atoms with Gasteiger partial charge in [0.25, 0.3) is 5.91 Å². The summed E-state index contributed by atoms with van der Waals surface area (Å²) >= 11 is 0. The van der Waals surface area contributed by atoms with Gasteiger partial charge in [-0.2, -0.15) is 0 Å². The molecule has 3 atom stereocenters. The summed E-state index contributed by atoms with van der Waals surface area (Å²) in [5, 5.41) is 3.03. The largest absolute Gasteiger partial charge is 0.349 e. The van der Waals surface area contributed by atoms with Gasteiger partial charge >= 0.3 is 0 Å². The molecule has 7 nitrogen and oxygen atoms in total. The molecular weight excluding hydrogens is 521 g/mol. The number of H-pyrrole nitrogens is 1. The number of nitrogens with zero attached hydrogens (tertiary/aromatic N) is 2. The molecule has 0 bridgehead atoms. The molecule has 1 aliphatic carbocycles. The molecule has 2 N–H and O–H groups in total. The van der Waals surface area contributed by atoms with Crippen LogP contribution in [0.2, 0.25) is 0 Å². The Balaban J connectivity index is 1.18. The molecule has 10 heteroatoms. The van der Waals surface area contributed by atoms with Gasteiger partial charge in [-0.1, -0.05) is 12.1 Å². The summed E-state index contributed by atoms with van der Waals surface area (Å²) in [7, 11) is 0. The summed E-state index contributed by atoms with van der Waals surface area (Å²) in [6, 6.07) is 7.21. The monoisotopic (exact) mass is 558 g/mol. The van der Waals surface area contributed by atoms with Crippen LogP contribution in [0, 0.1) is 37.4 Å². The first-order chi connectivity index (χ1) is 19.0. The SMILES string of the molecule is Cc1cc(=O)[nH]c(C)c1C(=O)N1CC2CN(CCC(NC(=O)C3CCC(F)(F)CC3)c3cccc(F)c3)C[C@H]2C1. The first-order valence-corrected chi connectivity index (χ1v) is 14.1. The lowest BCUT2D eigenvalue weighted by atomic mass is 9.86. The highest BCUT2D eigenvalue weighted by molar-refractivity contribution is 5.96. The Kier molecular flexibility index (Phi) is 8.08. The Morgan fingerprint density at radius 2 is 1.75 bits per heavy atom. The van der Waals surface area contributed by atoms with Crippen LogP contribution in [-0.2, 0) is 4.79 Å². The Bertz CT molecular complexity index is 1280. The van der Waals surface area contributed by atoms with E-state index in [9.17, 15) is 27.6 Å². The smallest absolute Gasteiger partial charge is 0.255 e. The fraction of sp³-hybridized carbons (Fsp3) is 0.567. The molecule has 3 fully saturated rings. The van der Waals surface area contributed by atoms with E-state index in [0.717, 1.165) is 13.1 Å². The highest BCUT2D eigenvalue weighted by Gasteiger charge is 2.42. The number of aromatic nitrogens is 1. The predicted octanol–water partition coefficient (Wildman–Crippen LogP) is 4.21. The highest BCUT2D eigenvalue weighted by atomic mass is 19.3. The van der Waals surface area contributed by atoms with Gasteiger partial charge in [0, 0.05) is 63.2 Å². The summed E-state index contributed by atoms with van der Waals surface area (Å²) in [6.45, 7) is 7.15. The molecule has 40 heavy (non-hydrogen) atoms. The lowest BCUT2D eigenvalue weighted by Gasteiger charge is -2.30. The first kappa shape index (κ1) is 28.4. The van der Waals surface area contributed by atoms with Crippen LogP contribution < -0.4 is 10.9 Å². The lowest BCUT2D eigenvalue weighted by molar-refractivity contribution is -0.130. The molecule has 1 saturated carbocycles. The first-order valence-electron chi connectivity index (χ1n) is 14.1. The predicted molar refractivity (Wildman–Crippen MR) is 145 cm³/mol. The van der Waals surface area contributed by atoms with E-state index in [1.807, 2.05) is 4.90 Å². The summed E-state index contributed by atoms with van der Waals surface area (Å²) in [4.78, 5) is 44.9. The molecule has 2 saturated heterocycles. The van der Waals surface area contributed by atoms with Gasteiger partial charge in [-0.25, -0.2) is 13.2 Å². The van der Waals surface area contributed by atoms with Gasteiger partial charge in [0.15, 0.2) is 0 Å². The maximum Gasteiger partial charge on any atom is 0.255 e. The van der Waals surface area contributed by atoms with Crippen molar-refractivity contribution in [1.82, 2.24) is 20.1 Å². The third-order valence-corrected chi connectivity index (χ3v) is 8.88. The summed E-state index contributed by atoms with van der Waals surface area (Å²) in [5.74, 6) is -3.18. The van der Waals surface area contributed by atoms with E-state index in [-0.39, 0.29) is 48.9 Å². The van der Waals surface area contributed by atoms with E-state index in [1.54, 1.807) is 26.0 Å². The van der Waals surface area contributed by atoms with Crippen molar-refractivity contribution >= 4 is 11.8 Å². The molecule has 216 valence electrons. The Hall–Kier alpha value is -3.14. The molecule has 1 aromatic heterocycles. The fourth-order valence-corrected chi connectivity index (χ4v) is 6.72. The van der Waals surface area contributed by atoms with E-state index in [2.05, 4.69) is 15.2 Å². The van der Waals surface area contributed by atoms with Crippen LogP contribution in [0.3, 0.4) is 0 Å². The molecule has 3 aliphatic rings. The van der Waals surface area contributed by atoms with Crippen LogP contribution in [0.25, 0.3) is 0 Å². The summed E-state index contributed by atoms with van der Waals surface area (Å²) < 4.78 is 41.2. The molecule has 2 unspecified atom stereocenters. The molecule has 2 aromatic rings. The van der Waals surface area contributed by atoms with Crippen LogP contribution in [0.4, 0.5) is 13.2 Å². The van der Waals surface area contributed by atoms with Gasteiger partial charge in [-0.3, -0.25) is 14.4 Å². The number of benzene rings is 1. The number of rotatable bonds is 7. The number of likely N-dealkylation sites (tertiary alicyclic amines) is 2. The minimum atomic E-state index is -2.70. The number of carbonyl (C=O) groups is 2. The zero-order chi connectivity index (χ0) is 28.6. The second-order valence-electron chi connectivity index (χ2n) is 11.8. The van der Waals surface area contributed by atoms with Gasteiger partial charge in [-0.05, 0) is 68.2 Å². The normalized spacial score (nSPS) is 23.7. The number of aromatic amines is 1. The van der Waals surface area contributed by atoms with Crippen molar-refractivity contribution < 1.29 is 22.8 Å². The summed E-state index contributed by atoms with van der Waals surface area (Å²) in [6.07, 6.45) is 0.297. The second-order valence-corrected chi connectivity index (χ2v) is 11.8. The Labute approximate surface area is 232 Å². The van der Waals surface area contributed by atoms with Gasteiger partial charge < -0.3 is 20.1 Å². The molecule has 0 radical (unpaired) electrons. The minimum absolute atomic E-state index is 0.0541. The van der Waals surface area contributed by atoms with Crippen LogP contribution in [0.5, 0.6) is 0 Å². The van der Waals surface area contributed by atoms with Crippen molar-refractivity contribution in [2.75, 3.05) is 32.7 Å². The van der Waals surface area contributed by atoms with Crippen molar-refractivity contribution in [2.45, 2.75) is 57.9 Å². The maximum atomic E-state index is 14.0. The minimum Gasteiger partial charge on any atom is -0.349 e. The van der Waals surface area contributed by atoms with Crippen molar-refractivity contribution in [1.29, 1.82) is 0 Å². The number of carbonyl (C=O) groups excluding carboxylic acids is 2. The van der Waals surface area contributed by atoms with E-state index in [4.69, 9.17) is 0 Å². The van der Waals surface area contributed by atoms with Gasteiger partial charge in [0.1, 0.15) is 5.82 Å². The third-order valence-electron chi connectivity index (χ3n) is 8.88. The zero-order valence-electron chi connectivity index (χ0n) is 23.0. The third kappa shape index (κ3) is 6.27. The number of hydrogen-bond acceptors (Lipinski definition) is 4. The topological polar surface area (TPSA) is 85.5 Å². The molecule has 2 amide bonds. The van der Waals surface area contributed by atoms with Crippen LogP contribution >= 0.6 is 0 Å². The molecule has 1 aromatic carbocycles. The average molecular weight is 559 g/mol. The molecule has 0 spiro atoms. The lowest BCUT2D eigenvalue weighted by Crippen LogP contribution is -2.39. The number of alkyl halides is 2. The second kappa shape index (κ2) is 11.4. The number of hydrogen-bond donors (Lipinski definition) is 2. The van der Waals surface area contributed by atoms with E-state index in [0.29, 0.717) is 60.3 Å². The van der Waals surface area contributed by atoms with Crippen molar-refractivity contribution in [3.8, 4) is 0 Å². The highest BCUT2D eigenvalue weighted by Crippen LogP contribution is 2.37.